The summed E-state index contributed by atoms with van der Waals surface area (Å²) in [6, 6.07) is 3.72. The van der Waals surface area contributed by atoms with Crippen LogP contribution in [0.5, 0.6) is 11.5 Å². The zero-order valence-corrected chi connectivity index (χ0v) is 11.6. The summed E-state index contributed by atoms with van der Waals surface area (Å²) in [6.45, 7) is 3.46. The molecule has 0 atom stereocenters. The van der Waals surface area contributed by atoms with Crippen LogP contribution in [0.25, 0.3) is 0 Å². The van der Waals surface area contributed by atoms with Crippen molar-refractivity contribution < 1.29 is 9.47 Å². The molecule has 0 amide bonds. The summed E-state index contributed by atoms with van der Waals surface area (Å²) in [6.07, 6.45) is 6.35. The summed E-state index contributed by atoms with van der Waals surface area (Å²) in [7, 11) is 0. The molecule has 0 radical (unpaired) electrons. The molecule has 1 aliphatic heterocycles. The Morgan fingerprint density at radius 1 is 1.11 bits per heavy atom. The van der Waals surface area contributed by atoms with Gasteiger partial charge in [-0.15, -0.1) is 0 Å². The average molecular weight is 270 g/mol. The highest BCUT2D eigenvalue weighted by molar-refractivity contribution is 6.33. The molecule has 0 bridgehead atoms. The second-order valence-corrected chi connectivity index (χ2v) is 4.93. The van der Waals surface area contributed by atoms with Crippen LogP contribution in [0, 0.1) is 0 Å². The van der Waals surface area contributed by atoms with Crippen molar-refractivity contribution >= 4 is 17.3 Å². The highest BCUT2D eigenvalue weighted by Gasteiger charge is 2.16. The maximum atomic E-state index is 6.17. The Bertz CT molecular complexity index is 396. The molecular formula is C14H20ClNO2. The van der Waals surface area contributed by atoms with Gasteiger partial charge in [-0.25, -0.2) is 0 Å². The van der Waals surface area contributed by atoms with Crippen molar-refractivity contribution in [1.29, 1.82) is 0 Å². The molecule has 0 saturated carbocycles. The molecule has 1 aliphatic rings. The highest BCUT2D eigenvalue weighted by atomic mass is 35.5. The van der Waals surface area contributed by atoms with Gasteiger partial charge in [0, 0.05) is 18.7 Å². The number of hydrogen-bond acceptors (Lipinski definition) is 3. The maximum absolute atomic E-state index is 6.17. The van der Waals surface area contributed by atoms with Gasteiger partial charge in [0.2, 0.25) is 6.79 Å². The van der Waals surface area contributed by atoms with Crippen molar-refractivity contribution in [3.8, 4) is 11.5 Å². The molecule has 0 aliphatic carbocycles. The summed E-state index contributed by atoms with van der Waals surface area (Å²) < 4.78 is 10.6. The van der Waals surface area contributed by atoms with E-state index in [0.29, 0.717) is 5.02 Å². The van der Waals surface area contributed by atoms with Gasteiger partial charge in [0.25, 0.3) is 0 Å². The first-order valence-electron chi connectivity index (χ1n) is 6.64. The van der Waals surface area contributed by atoms with Gasteiger partial charge in [0.1, 0.15) is 0 Å². The van der Waals surface area contributed by atoms with Gasteiger partial charge in [0.05, 0.1) is 10.7 Å². The van der Waals surface area contributed by atoms with Crippen molar-refractivity contribution in [1.82, 2.24) is 0 Å². The quantitative estimate of drug-likeness (QED) is 0.742. The first-order chi connectivity index (χ1) is 8.81. The minimum atomic E-state index is 0.284. The van der Waals surface area contributed by atoms with E-state index in [-0.39, 0.29) is 6.79 Å². The molecule has 2 rings (SSSR count). The van der Waals surface area contributed by atoms with E-state index >= 15 is 0 Å². The third kappa shape index (κ3) is 3.45. The summed E-state index contributed by atoms with van der Waals surface area (Å²) >= 11 is 6.17. The second kappa shape index (κ2) is 6.74. The Kier molecular flexibility index (Phi) is 5.00. The lowest BCUT2D eigenvalue weighted by molar-refractivity contribution is 0.174. The molecule has 3 nitrogen and oxygen atoms in total. The highest BCUT2D eigenvalue weighted by Crippen LogP contribution is 2.39. The van der Waals surface area contributed by atoms with E-state index in [1.807, 2.05) is 12.1 Å². The van der Waals surface area contributed by atoms with Crippen LogP contribution < -0.4 is 14.8 Å². The molecule has 0 spiro atoms. The first-order valence-corrected chi connectivity index (χ1v) is 7.02. The fourth-order valence-corrected chi connectivity index (χ4v) is 2.22. The van der Waals surface area contributed by atoms with Crippen LogP contribution in [0.4, 0.5) is 5.69 Å². The second-order valence-electron chi connectivity index (χ2n) is 4.53. The van der Waals surface area contributed by atoms with Crippen LogP contribution in [0.3, 0.4) is 0 Å². The van der Waals surface area contributed by atoms with E-state index in [0.717, 1.165) is 23.7 Å². The molecule has 0 unspecified atom stereocenters. The monoisotopic (exact) mass is 269 g/mol. The number of hydrogen-bond donors (Lipinski definition) is 1. The van der Waals surface area contributed by atoms with Crippen molar-refractivity contribution in [3.63, 3.8) is 0 Å². The Morgan fingerprint density at radius 3 is 2.61 bits per heavy atom. The predicted octanol–water partition coefficient (Wildman–Crippen LogP) is 4.45. The molecule has 1 N–H and O–H groups in total. The molecule has 0 saturated heterocycles. The molecule has 100 valence electrons. The van der Waals surface area contributed by atoms with Crippen LogP contribution in [-0.4, -0.2) is 13.3 Å². The molecule has 1 aromatic rings. The van der Waals surface area contributed by atoms with Crippen LogP contribution in [0.2, 0.25) is 5.02 Å². The fraction of sp³-hybridized carbons (Fsp3) is 0.571. The Balaban J connectivity index is 1.79. The van der Waals surface area contributed by atoms with Crippen LogP contribution in [0.15, 0.2) is 12.1 Å². The van der Waals surface area contributed by atoms with E-state index in [4.69, 9.17) is 21.1 Å². The van der Waals surface area contributed by atoms with Gasteiger partial charge < -0.3 is 14.8 Å². The van der Waals surface area contributed by atoms with E-state index in [9.17, 15) is 0 Å². The van der Waals surface area contributed by atoms with Gasteiger partial charge in [-0.05, 0) is 6.42 Å². The molecule has 1 aromatic carbocycles. The molecular weight excluding hydrogens is 250 g/mol. The number of nitrogens with one attached hydrogen (secondary N) is 1. The Hall–Kier alpha value is -1.09. The van der Waals surface area contributed by atoms with Gasteiger partial charge in [-0.1, -0.05) is 44.2 Å². The largest absolute Gasteiger partial charge is 0.454 e. The predicted molar refractivity (Wildman–Crippen MR) is 74.8 cm³/mol. The smallest absolute Gasteiger partial charge is 0.231 e. The van der Waals surface area contributed by atoms with Crippen LogP contribution in [0.1, 0.15) is 39.0 Å². The summed E-state index contributed by atoms with van der Waals surface area (Å²) in [5.74, 6) is 1.50. The number of anilines is 1. The lowest BCUT2D eigenvalue weighted by Crippen LogP contribution is -2.02. The van der Waals surface area contributed by atoms with Crippen molar-refractivity contribution in [3.05, 3.63) is 17.2 Å². The Morgan fingerprint density at radius 2 is 1.83 bits per heavy atom. The zero-order chi connectivity index (χ0) is 12.8. The summed E-state index contributed by atoms with van der Waals surface area (Å²) in [5.41, 5.74) is 0.927. The Labute approximate surface area is 113 Å². The average Bonchev–Trinajstić information content (AvgIpc) is 2.80. The van der Waals surface area contributed by atoms with E-state index in [1.54, 1.807) is 0 Å². The van der Waals surface area contributed by atoms with Crippen molar-refractivity contribution in [2.45, 2.75) is 39.0 Å². The van der Waals surface area contributed by atoms with E-state index in [2.05, 4.69) is 12.2 Å². The number of halogens is 1. The van der Waals surface area contributed by atoms with Gasteiger partial charge >= 0.3 is 0 Å². The fourth-order valence-electron chi connectivity index (χ4n) is 2.00. The van der Waals surface area contributed by atoms with E-state index < -0.39 is 0 Å². The van der Waals surface area contributed by atoms with Gasteiger partial charge in [0.15, 0.2) is 11.5 Å². The first kappa shape index (κ1) is 13.3. The number of rotatable bonds is 7. The number of fused-ring (bicyclic) bond motifs is 1. The molecule has 1 heterocycles. The van der Waals surface area contributed by atoms with Crippen molar-refractivity contribution in [2.75, 3.05) is 18.7 Å². The summed E-state index contributed by atoms with van der Waals surface area (Å²) in [4.78, 5) is 0. The van der Waals surface area contributed by atoms with Gasteiger partial charge in [-0.2, -0.15) is 0 Å². The lowest BCUT2D eigenvalue weighted by atomic mass is 10.1. The number of benzene rings is 1. The molecule has 4 heteroatoms. The third-order valence-electron chi connectivity index (χ3n) is 3.06. The van der Waals surface area contributed by atoms with Gasteiger partial charge in [-0.3, -0.25) is 0 Å². The lowest BCUT2D eigenvalue weighted by Gasteiger charge is -2.09. The van der Waals surface area contributed by atoms with Crippen LogP contribution in [-0.2, 0) is 0 Å². The van der Waals surface area contributed by atoms with E-state index in [1.165, 1.54) is 32.1 Å². The maximum Gasteiger partial charge on any atom is 0.231 e. The third-order valence-corrected chi connectivity index (χ3v) is 3.37. The van der Waals surface area contributed by atoms with Crippen LogP contribution >= 0.6 is 11.6 Å². The zero-order valence-electron chi connectivity index (χ0n) is 10.8. The number of unbranched alkanes of at least 4 members (excludes halogenated alkanes) is 4. The number of ether oxygens (including phenoxy) is 2. The molecule has 0 fully saturated rings. The minimum absolute atomic E-state index is 0.284. The molecule has 18 heavy (non-hydrogen) atoms. The van der Waals surface area contributed by atoms with Crippen molar-refractivity contribution in [2.24, 2.45) is 0 Å². The normalized spacial score (nSPS) is 12.8. The standard InChI is InChI=1S/C14H20ClNO2/c1-2-3-4-5-6-7-16-12-9-14-13(8-11(12)15)17-10-18-14/h8-9,16H,2-7,10H2,1H3. The summed E-state index contributed by atoms with van der Waals surface area (Å²) in [5, 5.41) is 4.04. The topological polar surface area (TPSA) is 30.5 Å². The molecule has 0 aromatic heterocycles. The minimum Gasteiger partial charge on any atom is -0.454 e. The SMILES string of the molecule is CCCCCCCNc1cc2c(cc1Cl)OCO2.